The first-order valence-corrected chi connectivity index (χ1v) is 7.56. The summed E-state index contributed by atoms with van der Waals surface area (Å²) >= 11 is 0. The predicted molar refractivity (Wildman–Crippen MR) is 84.3 cm³/mol. The van der Waals surface area contributed by atoms with Crippen LogP contribution in [0.5, 0.6) is 0 Å². The van der Waals surface area contributed by atoms with Gasteiger partial charge in [-0.3, -0.25) is 0 Å². The highest BCUT2D eigenvalue weighted by Crippen LogP contribution is 2.05. The zero-order chi connectivity index (χ0) is 14.2. The maximum Gasteiger partial charge on any atom is -0.0348 e. The molecule has 0 unspecified atom stereocenters. The summed E-state index contributed by atoms with van der Waals surface area (Å²) in [6, 6.07) is 0. The maximum absolute atomic E-state index is 2.24. The fraction of sp³-hybridized carbons (Fsp3) is 0.875. The minimum absolute atomic E-state index is 1.25. The third-order valence-corrected chi connectivity index (χ3v) is 0.908. The number of hydrogen-bond acceptors (Lipinski definition) is 0. The van der Waals surface area contributed by atoms with E-state index in [1.54, 1.807) is 0 Å². The van der Waals surface area contributed by atoms with Crippen molar-refractivity contribution in [1.82, 2.24) is 0 Å². The lowest BCUT2D eigenvalue weighted by molar-refractivity contribution is 0.929. The number of rotatable bonds is 0. The summed E-state index contributed by atoms with van der Waals surface area (Å²) < 4.78 is 0. The van der Waals surface area contributed by atoms with Crippen LogP contribution < -0.4 is 0 Å². The van der Waals surface area contributed by atoms with Crippen LogP contribution in [0.1, 0.15) is 94.9 Å². The van der Waals surface area contributed by atoms with Gasteiger partial charge in [-0.25, -0.2) is 0 Å². The third-order valence-electron chi connectivity index (χ3n) is 0.908. The summed E-state index contributed by atoms with van der Waals surface area (Å²) in [4.78, 5) is 0. The smallest absolute Gasteiger partial charge is 0.0348 e. The second kappa shape index (κ2) is 84.5. The van der Waals surface area contributed by atoms with Crippen LogP contribution in [-0.2, 0) is 0 Å². The van der Waals surface area contributed by atoms with Crippen LogP contribution in [0.25, 0.3) is 0 Å². The van der Waals surface area contributed by atoms with E-state index in [1.807, 2.05) is 55.4 Å². The van der Waals surface area contributed by atoms with E-state index in [-0.39, 0.29) is 0 Å². The van der Waals surface area contributed by atoms with Crippen LogP contribution in [-0.4, -0.2) is 0 Å². The van der Waals surface area contributed by atoms with Gasteiger partial charge in [0, 0.05) is 0 Å². The highest BCUT2D eigenvalue weighted by molar-refractivity contribution is 4.88. The molecule has 0 nitrogen and oxygen atoms in total. The molecule has 0 fully saturated rings. The Labute approximate surface area is 108 Å². The highest BCUT2D eigenvalue weighted by Gasteiger charge is 1.84. The van der Waals surface area contributed by atoms with E-state index in [2.05, 4.69) is 26.0 Å². The Bertz CT molecular complexity index is 47.1. The molecule has 0 spiro atoms. The zero-order valence-electron chi connectivity index (χ0n) is 14.0. The molecule has 16 heavy (non-hydrogen) atoms. The van der Waals surface area contributed by atoms with Crippen molar-refractivity contribution in [1.29, 1.82) is 0 Å². The Balaban J connectivity index is -0.0000000328. The van der Waals surface area contributed by atoms with Gasteiger partial charge in [-0.2, -0.15) is 0 Å². The molecule has 104 valence electrons. The van der Waals surface area contributed by atoms with Crippen LogP contribution in [0, 0.1) is 0 Å². The Morgan fingerprint density at radius 1 is 0.625 bits per heavy atom. The van der Waals surface area contributed by atoms with Gasteiger partial charge in [-0.15, -0.1) is 0 Å². The zero-order valence-corrected chi connectivity index (χ0v) is 14.0. The first-order valence-electron chi connectivity index (χ1n) is 7.56. The summed E-state index contributed by atoms with van der Waals surface area (Å²) in [5, 5.41) is 0. The Hall–Kier alpha value is -0.260. The average molecular weight is 232 g/mol. The Morgan fingerprint density at radius 2 is 0.812 bits per heavy atom. The van der Waals surface area contributed by atoms with Gasteiger partial charge in [0.1, 0.15) is 0 Å². The Morgan fingerprint density at radius 3 is 0.875 bits per heavy atom. The fourth-order valence-electron chi connectivity index (χ4n) is 0.589. The van der Waals surface area contributed by atoms with Gasteiger partial charge in [0.05, 0.1) is 0 Å². The molecule has 0 N–H and O–H groups in total. The first-order chi connectivity index (χ1) is 7.91. The van der Waals surface area contributed by atoms with E-state index < -0.39 is 0 Å². The quantitative estimate of drug-likeness (QED) is 0.386. The van der Waals surface area contributed by atoms with Crippen molar-refractivity contribution in [3.05, 3.63) is 12.2 Å². The van der Waals surface area contributed by atoms with Crippen LogP contribution in [0.4, 0.5) is 0 Å². The van der Waals surface area contributed by atoms with Crippen LogP contribution in [0.2, 0.25) is 0 Å². The fourth-order valence-corrected chi connectivity index (χ4v) is 0.589. The van der Waals surface area contributed by atoms with Gasteiger partial charge < -0.3 is 0 Å². The molecule has 0 amide bonds. The van der Waals surface area contributed by atoms with Gasteiger partial charge in [0.2, 0.25) is 0 Å². The van der Waals surface area contributed by atoms with Crippen molar-refractivity contribution in [3.63, 3.8) is 0 Å². The SMILES string of the molecule is C1=CCCC1.CC.CC.CC.CC.CCC. The van der Waals surface area contributed by atoms with Gasteiger partial charge >= 0.3 is 0 Å². The van der Waals surface area contributed by atoms with E-state index in [9.17, 15) is 0 Å². The van der Waals surface area contributed by atoms with E-state index in [0.29, 0.717) is 0 Å². The molecule has 1 aliphatic carbocycles. The summed E-state index contributed by atoms with van der Waals surface area (Å²) in [7, 11) is 0. The molecule has 0 bridgehead atoms. The van der Waals surface area contributed by atoms with Gasteiger partial charge in [0.25, 0.3) is 0 Å². The molecule has 0 aliphatic heterocycles. The molecule has 0 atom stereocenters. The largest absolute Gasteiger partial charge is 0.0885 e. The minimum Gasteiger partial charge on any atom is -0.0885 e. The topological polar surface area (TPSA) is 0 Å². The molecular formula is C16H40. The average Bonchev–Trinajstić information content (AvgIpc) is 2.98. The molecule has 1 rings (SSSR count). The molecule has 0 aromatic heterocycles. The van der Waals surface area contributed by atoms with Gasteiger partial charge in [0.15, 0.2) is 0 Å². The second-order valence-electron chi connectivity index (χ2n) is 2.11. The first kappa shape index (κ1) is 29.6. The summed E-state index contributed by atoms with van der Waals surface area (Å²) in [5.41, 5.74) is 0. The van der Waals surface area contributed by atoms with Crippen LogP contribution in [0.15, 0.2) is 12.2 Å². The monoisotopic (exact) mass is 232 g/mol. The summed E-state index contributed by atoms with van der Waals surface area (Å²) in [6.07, 6.45) is 9.75. The summed E-state index contributed by atoms with van der Waals surface area (Å²) in [6.45, 7) is 20.2. The van der Waals surface area contributed by atoms with E-state index >= 15 is 0 Å². The number of hydrogen-bond donors (Lipinski definition) is 0. The van der Waals surface area contributed by atoms with Crippen molar-refractivity contribution >= 4 is 0 Å². The normalized spacial score (nSPS) is 9.12. The van der Waals surface area contributed by atoms with Crippen LogP contribution >= 0.6 is 0 Å². The molecule has 1 aliphatic rings. The van der Waals surface area contributed by atoms with E-state index in [4.69, 9.17) is 0 Å². The lowest BCUT2D eigenvalue weighted by atomic mass is 10.4. The third kappa shape index (κ3) is 99.3. The second-order valence-corrected chi connectivity index (χ2v) is 2.11. The molecule has 0 aromatic carbocycles. The number of allylic oxidation sites excluding steroid dienone is 2. The predicted octanol–water partition coefficient (Wildman–Crippen LogP) is 7.25. The van der Waals surface area contributed by atoms with Gasteiger partial charge in [-0.1, -0.05) is 87.8 Å². The minimum atomic E-state index is 1.25. The molecule has 0 heterocycles. The lowest BCUT2D eigenvalue weighted by Crippen LogP contribution is -1.50. The highest BCUT2D eigenvalue weighted by atomic mass is 13.9. The summed E-state index contributed by atoms with van der Waals surface area (Å²) in [5.74, 6) is 0. The van der Waals surface area contributed by atoms with Crippen molar-refractivity contribution in [2.75, 3.05) is 0 Å². The molecule has 0 aromatic rings. The van der Waals surface area contributed by atoms with E-state index in [1.165, 1.54) is 25.7 Å². The molecule has 0 heteroatoms. The standard InChI is InChI=1S/C5H8.C3H8.4C2H6/c1-2-4-5-3-1;1-3-2;4*1-2/h1-2H,3-5H2;3H2,1-2H3;4*1-2H3. The van der Waals surface area contributed by atoms with Crippen molar-refractivity contribution in [2.24, 2.45) is 0 Å². The van der Waals surface area contributed by atoms with Gasteiger partial charge in [-0.05, 0) is 19.3 Å². The van der Waals surface area contributed by atoms with Crippen molar-refractivity contribution in [2.45, 2.75) is 94.9 Å². The molecular weight excluding hydrogens is 192 g/mol. The van der Waals surface area contributed by atoms with E-state index in [0.717, 1.165) is 0 Å². The maximum atomic E-state index is 2.24. The Kier molecular flexibility index (Phi) is 157. The molecule has 0 saturated heterocycles. The molecule has 0 radical (unpaired) electrons. The lowest BCUT2D eigenvalue weighted by Gasteiger charge is -1.69. The van der Waals surface area contributed by atoms with Crippen molar-refractivity contribution in [3.8, 4) is 0 Å². The van der Waals surface area contributed by atoms with Crippen LogP contribution in [0.3, 0.4) is 0 Å². The molecule has 0 saturated carbocycles. The van der Waals surface area contributed by atoms with Crippen molar-refractivity contribution < 1.29 is 0 Å².